The predicted molar refractivity (Wildman–Crippen MR) is 89.1 cm³/mol. The number of hydrogen-bond acceptors (Lipinski definition) is 3. The summed E-state index contributed by atoms with van der Waals surface area (Å²) in [5, 5.41) is 0. The molecule has 0 saturated heterocycles. The van der Waals surface area contributed by atoms with Crippen LogP contribution >= 0.6 is 0 Å². The van der Waals surface area contributed by atoms with Gasteiger partial charge in [0, 0.05) is 5.56 Å². The van der Waals surface area contributed by atoms with Gasteiger partial charge in [-0.15, -0.1) is 0 Å². The van der Waals surface area contributed by atoms with E-state index in [4.69, 9.17) is 4.74 Å². The summed E-state index contributed by atoms with van der Waals surface area (Å²) >= 11 is 0. The van der Waals surface area contributed by atoms with Crippen LogP contribution in [0.1, 0.15) is 64.4 Å². The zero-order valence-electron chi connectivity index (χ0n) is 13.7. The summed E-state index contributed by atoms with van der Waals surface area (Å²) < 4.78 is 37.9. The smallest absolute Gasteiger partial charge is 0.294 e. The van der Waals surface area contributed by atoms with E-state index < -0.39 is 10.1 Å². The molecule has 1 aromatic rings. The summed E-state index contributed by atoms with van der Waals surface area (Å²) in [6.07, 6.45) is 8.75. The summed E-state index contributed by atoms with van der Waals surface area (Å²) in [6.45, 7) is 4.53. The van der Waals surface area contributed by atoms with Gasteiger partial charge in [-0.1, -0.05) is 51.5 Å². The molecule has 0 amide bonds. The molecule has 5 heteroatoms. The topological polar surface area (TPSA) is 63.6 Å². The van der Waals surface area contributed by atoms with E-state index in [9.17, 15) is 13.0 Å². The van der Waals surface area contributed by atoms with Crippen LogP contribution in [0.25, 0.3) is 0 Å². The molecule has 22 heavy (non-hydrogen) atoms. The largest absolute Gasteiger partial charge is 0.494 e. The van der Waals surface area contributed by atoms with Crippen molar-refractivity contribution in [3.05, 3.63) is 23.8 Å². The van der Waals surface area contributed by atoms with Crippen molar-refractivity contribution in [2.75, 3.05) is 6.61 Å². The van der Waals surface area contributed by atoms with Crippen molar-refractivity contribution in [1.82, 2.24) is 0 Å². The van der Waals surface area contributed by atoms with Crippen molar-refractivity contribution < 1.29 is 17.7 Å². The fraction of sp³-hybridized carbons (Fsp3) is 0.647. The van der Waals surface area contributed by atoms with E-state index in [0.29, 0.717) is 24.3 Å². The molecule has 0 aliphatic heterocycles. The molecule has 0 bridgehead atoms. The van der Waals surface area contributed by atoms with Crippen LogP contribution in [0.15, 0.2) is 23.1 Å². The van der Waals surface area contributed by atoms with Crippen LogP contribution in [0.4, 0.5) is 0 Å². The first-order valence-electron chi connectivity index (χ1n) is 8.22. The molecule has 0 fully saturated rings. The third kappa shape index (κ3) is 6.36. The van der Waals surface area contributed by atoms with Gasteiger partial charge in [0.05, 0.1) is 6.61 Å². The van der Waals surface area contributed by atoms with Gasteiger partial charge in [-0.25, -0.2) is 0 Å². The van der Waals surface area contributed by atoms with Crippen molar-refractivity contribution >= 4 is 10.1 Å². The SMILES string of the molecule is CCCCCCCCCc1c(OCC)cccc1S(=O)(=O)O. The minimum atomic E-state index is -4.21. The van der Waals surface area contributed by atoms with Crippen molar-refractivity contribution in [3.63, 3.8) is 0 Å². The summed E-state index contributed by atoms with van der Waals surface area (Å²) in [7, 11) is -4.21. The first-order valence-corrected chi connectivity index (χ1v) is 9.66. The zero-order chi connectivity index (χ0) is 16.4. The fourth-order valence-electron chi connectivity index (χ4n) is 2.58. The number of unbranched alkanes of at least 4 members (excludes halogenated alkanes) is 6. The molecule has 1 aromatic carbocycles. The lowest BCUT2D eigenvalue weighted by Gasteiger charge is -2.13. The van der Waals surface area contributed by atoms with Gasteiger partial charge in [0.1, 0.15) is 10.6 Å². The second-order valence-corrected chi connectivity index (χ2v) is 6.90. The van der Waals surface area contributed by atoms with Crippen LogP contribution in [0, 0.1) is 0 Å². The first kappa shape index (κ1) is 19.0. The Balaban J connectivity index is 2.67. The first-order chi connectivity index (χ1) is 10.5. The quantitative estimate of drug-likeness (QED) is 0.475. The maximum atomic E-state index is 11.5. The average molecular weight is 328 g/mol. The van der Waals surface area contributed by atoms with Crippen LogP contribution < -0.4 is 4.74 Å². The van der Waals surface area contributed by atoms with E-state index in [1.807, 2.05) is 6.92 Å². The van der Waals surface area contributed by atoms with Crippen molar-refractivity contribution in [1.29, 1.82) is 0 Å². The fourth-order valence-corrected chi connectivity index (χ4v) is 3.35. The third-order valence-electron chi connectivity index (χ3n) is 3.70. The molecule has 0 spiro atoms. The normalized spacial score (nSPS) is 11.6. The average Bonchev–Trinajstić information content (AvgIpc) is 2.46. The Hall–Kier alpha value is -1.07. The molecule has 0 heterocycles. The van der Waals surface area contributed by atoms with Gasteiger partial charge in [0.15, 0.2) is 0 Å². The molecule has 4 nitrogen and oxygen atoms in total. The summed E-state index contributed by atoms with van der Waals surface area (Å²) in [5.74, 6) is 0.559. The van der Waals surface area contributed by atoms with Crippen LogP contribution in [0.3, 0.4) is 0 Å². The third-order valence-corrected chi connectivity index (χ3v) is 4.64. The Morgan fingerprint density at radius 2 is 1.64 bits per heavy atom. The standard InChI is InChI=1S/C17H28O4S/c1-3-5-6-7-8-9-10-12-15-16(21-4-2)13-11-14-17(15)22(18,19)20/h11,13-14H,3-10,12H2,1-2H3,(H,18,19,20). The van der Waals surface area contributed by atoms with Crippen LogP contribution in [-0.2, 0) is 16.5 Å². The molecular weight excluding hydrogens is 300 g/mol. The van der Waals surface area contributed by atoms with E-state index in [2.05, 4.69) is 6.92 Å². The Kier molecular flexibility index (Phi) is 8.49. The summed E-state index contributed by atoms with van der Waals surface area (Å²) in [6, 6.07) is 4.80. The summed E-state index contributed by atoms with van der Waals surface area (Å²) in [5.41, 5.74) is 0.598. The second kappa shape index (κ2) is 9.85. The van der Waals surface area contributed by atoms with Gasteiger partial charge in [-0.3, -0.25) is 4.55 Å². The lowest BCUT2D eigenvalue weighted by molar-refractivity contribution is 0.334. The highest BCUT2D eigenvalue weighted by molar-refractivity contribution is 7.85. The molecule has 0 aliphatic carbocycles. The van der Waals surface area contributed by atoms with Crippen LogP contribution in [0.5, 0.6) is 5.75 Å². The zero-order valence-corrected chi connectivity index (χ0v) is 14.5. The highest BCUT2D eigenvalue weighted by atomic mass is 32.2. The molecule has 0 aromatic heterocycles. The van der Waals surface area contributed by atoms with Gasteiger partial charge in [0.25, 0.3) is 10.1 Å². The number of hydrogen-bond donors (Lipinski definition) is 1. The number of rotatable bonds is 11. The molecule has 0 atom stereocenters. The van der Waals surface area contributed by atoms with E-state index in [1.54, 1.807) is 12.1 Å². The monoisotopic (exact) mass is 328 g/mol. The molecule has 126 valence electrons. The van der Waals surface area contributed by atoms with E-state index in [-0.39, 0.29) is 4.90 Å². The molecule has 1 rings (SSSR count). The maximum Gasteiger partial charge on any atom is 0.294 e. The van der Waals surface area contributed by atoms with E-state index in [1.165, 1.54) is 31.7 Å². The maximum absolute atomic E-state index is 11.5. The lowest BCUT2D eigenvalue weighted by atomic mass is 10.0. The molecule has 0 aliphatic rings. The van der Waals surface area contributed by atoms with Gasteiger partial charge in [0.2, 0.25) is 0 Å². The minimum Gasteiger partial charge on any atom is -0.494 e. The van der Waals surface area contributed by atoms with Crippen LogP contribution in [-0.4, -0.2) is 19.6 Å². The van der Waals surface area contributed by atoms with Crippen LogP contribution in [0.2, 0.25) is 0 Å². The highest BCUT2D eigenvalue weighted by Crippen LogP contribution is 2.28. The van der Waals surface area contributed by atoms with E-state index >= 15 is 0 Å². The minimum absolute atomic E-state index is 0.0237. The number of ether oxygens (including phenoxy) is 1. The number of benzene rings is 1. The van der Waals surface area contributed by atoms with Gasteiger partial charge >= 0.3 is 0 Å². The molecule has 0 unspecified atom stereocenters. The van der Waals surface area contributed by atoms with Crippen molar-refractivity contribution in [2.24, 2.45) is 0 Å². The van der Waals surface area contributed by atoms with Gasteiger partial charge in [-0.2, -0.15) is 8.42 Å². The molecule has 0 radical (unpaired) electrons. The summed E-state index contributed by atoms with van der Waals surface area (Å²) in [4.78, 5) is -0.0237. The van der Waals surface area contributed by atoms with Crippen molar-refractivity contribution in [2.45, 2.75) is 70.1 Å². The second-order valence-electron chi connectivity index (χ2n) is 5.51. The Morgan fingerprint density at radius 3 is 2.23 bits per heavy atom. The van der Waals surface area contributed by atoms with Gasteiger partial charge in [-0.05, 0) is 31.9 Å². The van der Waals surface area contributed by atoms with Crippen molar-refractivity contribution in [3.8, 4) is 5.75 Å². The van der Waals surface area contributed by atoms with E-state index in [0.717, 1.165) is 19.3 Å². The molecular formula is C17H28O4S. The Bertz CT molecular complexity index is 538. The lowest BCUT2D eigenvalue weighted by Crippen LogP contribution is -2.06. The Labute approximate surface area is 134 Å². The molecule has 1 N–H and O–H groups in total. The predicted octanol–water partition coefficient (Wildman–Crippen LogP) is 4.63. The molecule has 0 saturated carbocycles. The highest BCUT2D eigenvalue weighted by Gasteiger charge is 2.18. The van der Waals surface area contributed by atoms with Gasteiger partial charge < -0.3 is 4.74 Å². The Morgan fingerprint density at radius 1 is 1.00 bits per heavy atom.